The molecule has 1 aromatic rings. The van der Waals surface area contributed by atoms with Gasteiger partial charge in [0.25, 0.3) is 0 Å². The number of rotatable bonds is 7. The van der Waals surface area contributed by atoms with Crippen LogP contribution in [-0.2, 0) is 15.3 Å². The Kier molecular flexibility index (Phi) is 6.31. The largest absolute Gasteiger partial charge is 0.480 e. The highest BCUT2D eigenvalue weighted by atomic mass is 32.2. The van der Waals surface area contributed by atoms with E-state index >= 15 is 0 Å². The second-order valence-electron chi connectivity index (χ2n) is 3.76. The Hall–Kier alpha value is -1.60. The van der Waals surface area contributed by atoms with E-state index < -0.39 is 24.5 Å². The lowest BCUT2D eigenvalue weighted by atomic mass is 10.2. The zero-order valence-electron chi connectivity index (χ0n) is 10.0. The van der Waals surface area contributed by atoms with Crippen LogP contribution in [0.4, 0.5) is 4.39 Å². The van der Waals surface area contributed by atoms with Crippen molar-refractivity contribution in [3.63, 3.8) is 0 Å². The number of hydrogen-bond donors (Lipinski definition) is 3. The maximum Gasteiger partial charge on any atom is 0.328 e. The number of aliphatic hydroxyl groups is 1. The Morgan fingerprint density at radius 1 is 1.32 bits per heavy atom. The molecule has 0 aliphatic heterocycles. The van der Waals surface area contributed by atoms with Crippen LogP contribution in [0, 0.1) is 5.82 Å². The average Bonchev–Trinajstić information content (AvgIpc) is 2.38. The van der Waals surface area contributed by atoms with Crippen LogP contribution >= 0.6 is 11.8 Å². The van der Waals surface area contributed by atoms with Gasteiger partial charge >= 0.3 is 5.97 Å². The molecule has 1 amide bonds. The number of carboxylic acid groups (broad SMARTS) is 1. The summed E-state index contributed by atoms with van der Waals surface area (Å²) in [6.45, 7) is -0.649. The monoisotopic (exact) mass is 287 g/mol. The van der Waals surface area contributed by atoms with Crippen LogP contribution in [-0.4, -0.2) is 40.5 Å². The van der Waals surface area contributed by atoms with Crippen molar-refractivity contribution in [3.05, 3.63) is 35.6 Å². The summed E-state index contributed by atoms with van der Waals surface area (Å²) < 4.78 is 12.6. The Labute approximate surface area is 113 Å². The fraction of sp³-hybridized carbons (Fsp3) is 0.333. The second kappa shape index (κ2) is 7.75. The predicted octanol–water partition coefficient (Wildman–Crippen LogP) is 0.621. The fourth-order valence-electron chi connectivity index (χ4n) is 1.26. The third-order valence-corrected chi connectivity index (χ3v) is 3.23. The molecule has 0 fully saturated rings. The zero-order chi connectivity index (χ0) is 14.3. The Bertz CT molecular complexity index is 438. The van der Waals surface area contributed by atoms with Crippen molar-refractivity contribution in [3.8, 4) is 0 Å². The zero-order valence-corrected chi connectivity index (χ0v) is 10.8. The van der Waals surface area contributed by atoms with Crippen molar-refractivity contribution in [1.82, 2.24) is 5.32 Å². The van der Waals surface area contributed by atoms with Crippen molar-refractivity contribution >= 4 is 23.6 Å². The molecule has 0 saturated carbocycles. The third kappa shape index (κ3) is 5.71. The van der Waals surface area contributed by atoms with Gasteiger partial charge in [-0.05, 0) is 17.7 Å². The van der Waals surface area contributed by atoms with Crippen molar-refractivity contribution < 1.29 is 24.2 Å². The second-order valence-corrected chi connectivity index (χ2v) is 4.75. The quantitative estimate of drug-likeness (QED) is 0.684. The molecule has 0 bridgehead atoms. The number of carboxylic acids is 1. The predicted molar refractivity (Wildman–Crippen MR) is 69.2 cm³/mol. The van der Waals surface area contributed by atoms with Crippen molar-refractivity contribution in [2.24, 2.45) is 0 Å². The number of carbonyl (C=O) groups is 2. The minimum atomic E-state index is -1.28. The van der Waals surface area contributed by atoms with Crippen molar-refractivity contribution in [2.45, 2.75) is 11.8 Å². The Balaban J connectivity index is 2.30. The molecule has 0 aromatic heterocycles. The Morgan fingerprint density at radius 2 is 1.95 bits per heavy atom. The van der Waals surface area contributed by atoms with Crippen molar-refractivity contribution in [1.29, 1.82) is 0 Å². The molecule has 1 unspecified atom stereocenters. The van der Waals surface area contributed by atoms with Crippen LogP contribution in [0.2, 0.25) is 0 Å². The standard InChI is InChI=1S/C12H14FNO4S/c13-9-3-1-8(2-4-9)6-19-7-11(16)14-10(5-15)12(17)18/h1-4,10,15H,5-7H2,(H,14,16)(H,17,18). The van der Waals surface area contributed by atoms with Gasteiger partial charge < -0.3 is 15.5 Å². The van der Waals surface area contributed by atoms with Gasteiger partial charge in [0.15, 0.2) is 0 Å². The number of nitrogens with one attached hydrogen (secondary N) is 1. The minimum Gasteiger partial charge on any atom is -0.480 e. The highest BCUT2D eigenvalue weighted by Crippen LogP contribution is 2.12. The van der Waals surface area contributed by atoms with Crippen LogP contribution in [0.5, 0.6) is 0 Å². The molecule has 1 atom stereocenters. The molecule has 0 spiro atoms. The normalized spacial score (nSPS) is 11.9. The number of thioether (sulfide) groups is 1. The van der Waals surface area contributed by atoms with Gasteiger partial charge in [0, 0.05) is 5.75 Å². The third-order valence-electron chi connectivity index (χ3n) is 2.23. The fourth-order valence-corrected chi connectivity index (χ4v) is 2.06. The SMILES string of the molecule is O=C(CSCc1ccc(F)cc1)NC(CO)C(=O)O. The van der Waals surface area contributed by atoms with E-state index in [-0.39, 0.29) is 11.6 Å². The van der Waals surface area contributed by atoms with Gasteiger partial charge in [-0.15, -0.1) is 11.8 Å². The number of amides is 1. The van der Waals surface area contributed by atoms with Crippen molar-refractivity contribution in [2.75, 3.05) is 12.4 Å². The van der Waals surface area contributed by atoms with Gasteiger partial charge in [-0.2, -0.15) is 0 Å². The first kappa shape index (κ1) is 15.5. The van der Waals surface area contributed by atoms with E-state index in [1.807, 2.05) is 0 Å². The summed E-state index contributed by atoms with van der Waals surface area (Å²) in [5.74, 6) is -1.47. The first-order valence-electron chi connectivity index (χ1n) is 5.48. The van der Waals surface area contributed by atoms with E-state index in [4.69, 9.17) is 10.2 Å². The van der Waals surface area contributed by atoms with Crippen LogP contribution in [0.25, 0.3) is 0 Å². The summed E-state index contributed by atoms with van der Waals surface area (Å²) in [5, 5.41) is 19.6. The molecule has 19 heavy (non-hydrogen) atoms. The van der Waals surface area contributed by atoms with E-state index in [0.717, 1.165) is 5.56 Å². The van der Waals surface area contributed by atoms with E-state index in [9.17, 15) is 14.0 Å². The maximum absolute atomic E-state index is 12.6. The lowest BCUT2D eigenvalue weighted by molar-refractivity contribution is -0.142. The summed E-state index contributed by atoms with van der Waals surface area (Å²) in [5.41, 5.74) is 0.871. The first-order valence-corrected chi connectivity index (χ1v) is 6.63. The molecule has 3 N–H and O–H groups in total. The van der Waals surface area contributed by atoms with E-state index in [0.29, 0.717) is 5.75 Å². The molecular formula is C12H14FNO4S. The van der Waals surface area contributed by atoms with Gasteiger partial charge in [-0.25, -0.2) is 9.18 Å². The molecule has 0 radical (unpaired) electrons. The van der Waals surface area contributed by atoms with E-state index in [1.54, 1.807) is 12.1 Å². The lowest BCUT2D eigenvalue weighted by Crippen LogP contribution is -2.44. The van der Waals surface area contributed by atoms with Gasteiger partial charge in [0.1, 0.15) is 11.9 Å². The molecule has 7 heteroatoms. The number of carbonyl (C=O) groups excluding carboxylic acids is 1. The molecule has 0 saturated heterocycles. The molecule has 1 aromatic carbocycles. The highest BCUT2D eigenvalue weighted by Gasteiger charge is 2.18. The number of benzene rings is 1. The van der Waals surface area contributed by atoms with Gasteiger partial charge in [0.2, 0.25) is 5.91 Å². The molecule has 0 heterocycles. The van der Waals surface area contributed by atoms with Crippen LogP contribution in [0.3, 0.4) is 0 Å². The highest BCUT2D eigenvalue weighted by molar-refractivity contribution is 7.99. The summed E-state index contributed by atoms with van der Waals surface area (Å²) in [7, 11) is 0. The summed E-state index contributed by atoms with van der Waals surface area (Å²) >= 11 is 1.28. The smallest absolute Gasteiger partial charge is 0.328 e. The molecule has 0 aliphatic rings. The summed E-state index contributed by atoms with van der Waals surface area (Å²) in [6.07, 6.45) is 0. The van der Waals surface area contributed by atoms with Crippen LogP contribution in [0.15, 0.2) is 24.3 Å². The lowest BCUT2D eigenvalue weighted by Gasteiger charge is -2.11. The van der Waals surface area contributed by atoms with E-state index in [2.05, 4.69) is 5.32 Å². The summed E-state index contributed by atoms with van der Waals surface area (Å²) in [6, 6.07) is 4.63. The van der Waals surface area contributed by atoms with Gasteiger partial charge in [-0.1, -0.05) is 12.1 Å². The number of halogens is 1. The van der Waals surface area contributed by atoms with Crippen LogP contribution in [0.1, 0.15) is 5.56 Å². The van der Waals surface area contributed by atoms with Crippen LogP contribution < -0.4 is 5.32 Å². The van der Waals surface area contributed by atoms with Gasteiger partial charge in [0.05, 0.1) is 12.4 Å². The average molecular weight is 287 g/mol. The molecule has 1 rings (SSSR count). The van der Waals surface area contributed by atoms with Gasteiger partial charge in [-0.3, -0.25) is 4.79 Å². The minimum absolute atomic E-state index is 0.0706. The Morgan fingerprint density at radius 3 is 2.47 bits per heavy atom. The molecule has 5 nitrogen and oxygen atoms in total. The first-order chi connectivity index (χ1) is 9.02. The molecule has 104 valence electrons. The summed E-state index contributed by atoms with van der Waals surface area (Å²) in [4.78, 5) is 22.0. The number of hydrogen-bond acceptors (Lipinski definition) is 4. The topological polar surface area (TPSA) is 86.6 Å². The molecule has 0 aliphatic carbocycles. The molecular weight excluding hydrogens is 273 g/mol. The van der Waals surface area contributed by atoms with E-state index in [1.165, 1.54) is 23.9 Å². The number of aliphatic carboxylic acids is 1. The maximum atomic E-state index is 12.6. The number of aliphatic hydroxyl groups excluding tert-OH is 1.